The number of nitrogens with two attached hydrogens (primary N) is 1. The van der Waals surface area contributed by atoms with Crippen LogP contribution in [0, 0.1) is 11.8 Å². The highest BCUT2D eigenvalue weighted by atomic mass is 19.1. The third-order valence-electron chi connectivity index (χ3n) is 5.45. The van der Waals surface area contributed by atoms with E-state index in [1.54, 1.807) is 25.4 Å². The maximum Gasteiger partial charge on any atom is 0.233 e. The molecule has 5 rings (SSSR count). The highest BCUT2D eigenvalue weighted by molar-refractivity contribution is 5.67. The molecule has 0 saturated heterocycles. The van der Waals surface area contributed by atoms with E-state index in [4.69, 9.17) is 10.5 Å². The van der Waals surface area contributed by atoms with E-state index in [1.165, 1.54) is 22.9 Å². The first-order valence-corrected chi connectivity index (χ1v) is 9.96. The summed E-state index contributed by atoms with van der Waals surface area (Å²) in [5.74, 6) is -0.450. The molecule has 1 aliphatic heterocycles. The maximum absolute atomic E-state index is 14.3. The van der Waals surface area contributed by atoms with E-state index in [9.17, 15) is 8.78 Å². The molecule has 2 bridgehead atoms. The van der Waals surface area contributed by atoms with E-state index >= 15 is 0 Å². The topological polar surface area (TPSA) is 83.8 Å². The maximum atomic E-state index is 14.3. The standard InChI is InChI=1S/C22H20F2N6O/c1-3-29-21-13(11-27-29)6-16-9-20(24)28-30(16)18-5-4-15(23)8-17(18)12(2)31-19-7-14(21)10-26-22(19)25/h4-5,7-12H,3,6H2,1-2H3,(H2,25,26)/t12-/m1/s1. The first-order valence-electron chi connectivity index (χ1n) is 9.96. The number of rotatable bonds is 1. The molecule has 7 nitrogen and oxygen atoms in total. The largest absolute Gasteiger partial charge is 0.482 e. The van der Waals surface area contributed by atoms with Gasteiger partial charge in [0.2, 0.25) is 5.95 Å². The van der Waals surface area contributed by atoms with Crippen LogP contribution in [0.15, 0.2) is 42.7 Å². The predicted molar refractivity (Wildman–Crippen MR) is 111 cm³/mol. The Morgan fingerprint density at radius 3 is 2.84 bits per heavy atom. The van der Waals surface area contributed by atoms with Crippen LogP contribution in [0.1, 0.15) is 36.8 Å². The van der Waals surface area contributed by atoms with Gasteiger partial charge in [-0.15, -0.1) is 5.10 Å². The van der Waals surface area contributed by atoms with E-state index in [1.807, 2.05) is 17.7 Å². The SMILES string of the molecule is CCn1ncc2c1-c1cnc(N)c(c1)O[C@H](C)c1cc(F)ccc1-n1nc(F)cc1C2. The Labute approximate surface area is 177 Å². The summed E-state index contributed by atoms with van der Waals surface area (Å²) >= 11 is 0. The first kappa shape index (κ1) is 19.2. The zero-order chi connectivity index (χ0) is 21.7. The fraction of sp³-hybridized carbons (Fsp3) is 0.227. The second-order valence-corrected chi connectivity index (χ2v) is 7.45. The Morgan fingerprint density at radius 1 is 1.19 bits per heavy atom. The first-order chi connectivity index (χ1) is 14.9. The van der Waals surface area contributed by atoms with Gasteiger partial charge in [-0.2, -0.15) is 9.49 Å². The summed E-state index contributed by atoms with van der Waals surface area (Å²) in [5, 5.41) is 8.52. The van der Waals surface area contributed by atoms with E-state index in [0.29, 0.717) is 35.7 Å². The van der Waals surface area contributed by atoms with Gasteiger partial charge >= 0.3 is 0 Å². The van der Waals surface area contributed by atoms with Crippen LogP contribution in [0.2, 0.25) is 0 Å². The molecule has 0 saturated carbocycles. The van der Waals surface area contributed by atoms with Crippen molar-refractivity contribution in [2.45, 2.75) is 32.9 Å². The molecule has 2 N–H and O–H groups in total. The van der Waals surface area contributed by atoms with Gasteiger partial charge in [0.1, 0.15) is 11.9 Å². The van der Waals surface area contributed by atoms with E-state index in [2.05, 4.69) is 15.2 Å². The van der Waals surface area contributed by atoms with Crippen LogP contribution in [0.3, 0.4) is 0 Å². The monoisotopic (exact) mass is 422 g/mol. The third kappa shape index (κ3) is 3.22. The van der Waals surface area contributed by atoms with E-state index in [0.717, 1.165) is 16.8 Å². The fourth-order valence-corrected chi connectivity index (χ4v) is 4.02. The van der Waals surface area contributed by atoms with Crippen LogP contribution in [0.25, 0.3) is 16.9 Å². The third-order valence-corrected chi connectivity index (χ3v) is 5.45. The quantitative estimate of drug-likeness (QED) is 0.500. The Bertz CT molecular complexity index is 1300. The molecule has 0 aliphatic carbocycles. The van der Waals surface area contributed by atoms with E-state index in [-0.39, 0.29) is 5.82 Å². The average molecular weight is 422 g/mol. The number of ether oxygens (including phenoxy) is 1. The number of hydrogen-bond acceptors (Lipinski definition) is 5. The lowest BCUT2D eigenvalue weighted by atomic mass is 10.0. The van der Waals surface area contributed by atoms with Gasteiger partial charge in [-0.25, -0.2) is 14.1 Å². The molecular formula is C22H20F2N6O. The fourth-order valence-electron chi connectivity index (χ4n) is 4.02. The normalized spacial score (nSPS) is 15.2. The predicted octanol–water partition coefficient (Wildman–Crippen LogP) is 4.06. The smallest absolute Gasteiger partial charge is 0.233 e. The molecule has 158 valence electrons. The highest BCUT2D eigenvalue weighted by Gasteiger charge is 2.23. The number of nitrogen functional groups attached to an aromatic ring is 1. The molecule has 0 amide bonds. The number of aryl methyl sites for hydroxylation is 1. The number of halogens is 2. The van der Waals surface area contributed by atoms with Crippen LogP contribution < -0.4 is 10.5 Å². The minimum atomic E-state index is -0.621. The van der Waals surface area contributed by atoms with Gasteiger partial charge in [0.15, 0.2) is 11.6 Å². The second-order valence-electron chi connectivity index (χ2n) is 7.45. The van der Waals surface area contributed by atoms with Crippen molar-refractivity contribution in [3.05, 3.63) is 71.3 Å². The number of hydrogen-bond donors (Lipinski definition) is 1. The molecule has 0 fully saturated rings. The van der Waals surface area contributed by atoms with Gasteiger partial charge in [-0.3, -0.25) is 4.68 Å². The Kier molecular flexibility index (Phi) is 4.46. The summed E-state index contributed by atoms with van der Waals surface area (Å²) < 4.78 is 37.9. The van der Waals surface area contributed by atoms with Crippen molar-refractivity contribution < 1.29 is 13.5 Å². The van der Waals surface area contributed by atoms with Crippen LogP contribution in [0.4, 0.5) is 14.6 Å². The molecule has 3 aromatic heterocycles. The minimum Gasteiger partial charge on any atom is -0.482 e. The Hall–Kier alpha value is -3.75. The molecule has 31 heavy (non-hydrogen) atoms. The molecule has 0 radical (unpaired) electrons. The molecule has 4 aromatic rings. The van der Waals surface area contributed by atoms with Crippen molar-refractivity contribution in [1.82, 2.24) is 24.5 Å². The van der Waals surface area contributed by atoms with Gasteiger partial charge in [-0.1, -0.05) is 0 Å². The lowest BCUT2D eigenvalue weighted by Crippen LogP contribution is -2.13. The molecule has 0 spiro atoms. The lowest BCUT2D eigenvalue weighted by molar-refractivity contribution is 0.226. The summed E-state index contributed by atoms with van der Waals surface area (Å²) in [6.07, 6.45) is 3.19. The molecule has 1 aliphatic rings. The van der Waals surface area contributed by atoms with Crippen LogP contribution in [-0.4, -0.2) is 24.5 Å². The van der Waals surface area contributed by atoms with Gasteiger partial charge in [0.05, 0.1) is 23.3 Å². The van der Waals surface area contributed by atoms with Gasteiger partial charge in [0.25, 0.3) is 0 Å². The summed E-state index contributed by atoms with van der Waals surface area (Å²) in [4.78, 5) is 4.30. The van der Waals surface area contributed by atoms with Crippen molar-refractivity contribution in [2.24, 2.45) is 0 Å². The molecule has 1 aromatic carbocycles. The second kappa shape index (κ2) is 7.19. The van der Waals surface area contributed by atoms with Crippen molar-refractivity contribution >= 4 is 5.82 Å². The Balaban J connectivity index is 1.81. The number of benzene rings is 1. The molecular weight excluding hydrogens is 402 g/mol. The number of aromatic nitrogens is 5. The Morgan fingerprint density at radius 2 is 2.03 bits per heavy atom. The van der Waals surface area contributed by atoms with Crippen molar-refractivity contribution in [1.29, 1.82) is 0 Å². The van der Waals surface area contributed by atoms with E-state index < -0.39 is 17.9 Å². The van der Waals surface area contributed by atoms with Crippen molar-refractivity contribution in [3.8, 4) is 22.7 Å². The lowest BCUT2D eigenvalue weighted by Gasteiger charge is -2.21. The summed E-state index contributed by atoms with van der Waals surface area (Å²) in [5.41, 5.74) is 10.2. The number of anilines is 1. The van der Waals surface area contributed by atoms with Crippen LogP contribution in [-0.2, 0) is 13.0 Å². The number of pyridine rings is 1. The highest BCUT2D eigenvalue weighted by Crippen LogP contribution is 2.35. The van der Waals surface area contributed by atoms with Gasteiger partial charge in [0, 0.05) is 41.9 Å². The average Bonchev–Trinajstić information content (AvgIpc) is 3.32. The molecule has 4 heterocycles. The van der Waals surface area contributed by atoms with Gasteiger partial charge < -0.3 is 10.5 Å². The zero-order valence-corrected chi connectivity index (χ0v) is 17.0. The zero-order valence-electron chi connectivity index (χ0n) is 17.0. The summed E-state index contributed by atoms with van der Waals surface area (Å²) in [6, 6.07) is 7.44. The summed E-state index contributed by atoms with van der Waals surface area (Å²) in [7, 11) is 0. The number of fused-ring (bicyclic) bond motifs is 7. The molecule has 9 heteroatoms. The van der Waals surface area contributed by atoms with Crippen molar-refractivity contribution in [2.75, 3.05) is 5.73 Å². The molecule has 1 atom stereocenters. The van der Waals surface area contributed by atoms with Crippen molar-refractivity contribution in [3.63, 3.8) is 0 Å². The van der Waals surface area contributed by atoms with Crippen LogP contribution in [0.5, 0.6) is 5.75 Å². The minimum absolute atomic E-state index is 0.223. The van der Waals surface area contributed by atoms with Crippen LogP contribution >= 0.6 is 0 Å². The summed E-state index contributed by atoms with van der Waals surface area (Å²) in [6.45, 7) is 4.40. The van der Waals surface area contributed by atoms with Gasteiger partial charge in [-0.05, 0) is 38.1 Å². The molecule has 0 unspecified atom stereocenters. The number of nitrogens with zero attached hydrogens (tertiary/aromatic N) is 5.